The lowest BCUT2D eigenvalue weighted by Crippen LogP contribution is -2.30. The highest BCUT2D eigenvalue weighted by Crippen LogP contribution is 2.22. The van der Waals surface area contributed by atoms with Crippen molar-refractivity contribution in [2.75, 3.05) is 17.2 Å². The van der Waals surface area contributed by atoms with E-state index in [0.29, 0.717) is 13.0 Å². The van der Waals surface area contributed by atoms with Crippen molar-refractivity contribution in [3.8, 4) is 0 Å². The molecule has 21 heavy (non-hydrogen) atoms. The maximum atomic E-state index is 12.3. The fraction of sp³-hybridized carbons (Fsp3) is 0.235. The van der Waals surface area contributed by atoms with Crippen molar-refractivity contribution >= 4 is 35.0 Å². The second-order valence-corrected chi connectivity index (χ2v) is 6.13. The van der Waals surface area contributed by atoms with Gasteiger partial charge < -0.3 is 4.90 Å². The molecule has 0 aliphatic heterocycles. The van der Waals surface area contributed by atoms with Gasteiger partial charge in [0.1, 0.15) is 0 Å². The van der Waals surface area contributed by atoms with Crippen molar-refractivity contribution in [2.45, 2.75) is 18.2 Å². The van der Waals surface area contributed by atoms with E-state index in [-0.39, 0.29) is 5.91 Å². The minimum atomic E-state index is 0.158. The van der Waals surface area contributed by atoms with Crippen LogP contribution in [-0.2, 0) is 4.79 Å². The number of rotatable bonds is 6. The van der Waals surface area contributed by atoms with Crippen LogP contribution in [0.5, 0.6) is 0 Å². The van der Waals surface area contributed by atoms with E-state index in [9.17, 15) is 4.79 Å². The normalized spacial score (nSPS) is 10.4. The van der Waals surface area contributed by atoms with E-state index in [0.717, 1.165) is 21.4 Å². The van der Waals surface area contributed by atoms with Crippen LogP contribution in [0.15, 0.2) is 59.5 Å². The van der Waals surface area contributed by atoms with Gasteiger partial charge in [-0.2, -0.15) is 0 Å². The molecule has 0 radical (unpaired) electrons. The molecule has 0 saturated heterocycles. The number of amides is 1. The first-order valence-electron chi connectivity index (χ1n) is 6.94. The van der Waals surface area contributed by atoms with Crippen LogP contribution in [-0.4, -0.2) is 18.2 Å². The molecule has 0 atom stereocenters. The molecule has 0 unspecified atom stereocenters. The van der Waals surface area contributed by atoms with E-state index >= 15 is 0 Å². The molecule has 0 aliphatic rings. The van der Waals surface area contributed by atoms with Gasteiger partial charge in [-0.15, -0.1) is 11.8 Å². The van der Waals surface area contributed by atoms with Gasteiger partial charge in [0.15, 0.2) is 0 Å². The summed E-state index contributed by atoms with van der Waals surface area (Å²) in [7, 11) is 0. The van der Waals surface area contributed by atoms with Crippen LogP contribution in [0, 0.1) is 0 Å². The zero-order valence-electron chi connectivity index (χ0n) is 12.0. The number of carbonyl (C=O) groups excluding carboxylic acids is 1. The third-order valence-corrected chi connectivity index (χ3v) is 4.35. The Morgan fingerprint density at radius 1 is 1.10 bits per heavy atom. The summed E-state index contributed by atoms with van der Waals surface area (Å²) in [6.45, 7) is 2.69. The summed E-state index contributed by atoms with van der Waals surface area (Å²) in [6.07, 6.45) is 0.524. The highest BCUT2D eigenvalue weighted by Gasteiger charge is 2.13. The summed E-state index contributed by atoms with van der Waals surface area (Å²) in [5, 5.41) is 0.733. The van der Waals surface area contributed by atoms with E-state index in [1.165, 1.54) is 0 Å². The molecular formula is C17H18ClNOS. The number of thioether (sulfide) groups is 1. The summed E-state index contributed by atoms with van der Waals surface area (Å²) >= 11 is 7.53. The van der Waals surface area contributed by atoms with Crippen molar-refractivity contribution in [1.82, 2.24) is 0 Å². The highest BCUT2D eigenvalue weighted by molar-refractivity contribution is 7.99. The summed E-state index contributed by atoms with van der Waals surface area (Å²) in [5.41, 5.74) is 0.960. The van der Waals surface area contributed by atoms with Crippen molar-refractivity contribution in [3.63, 3.8) is 0 Å². The minimum Gasteiger partial charge on any atom is -0.313 e. The molecule has 110 valence electrons. The third kappa shape index (κ3) is 4.80. The van der Waals surface area contributed by atoms with E-state index < -0.39 is 0 Å². The Morgan fingerprint density at radius 3 is 2.38 bits per heavy atom. The van der Waals surface area contributed by atoms with Crippen molar-refractivity contribution in [1.29, 1.82) is 0 Å². The van der Waals surface area contributed by atoms with Gasteiger partial charge in [-0.25, -0.2) is 0 Å². The first-order valence-corrected chi connectivity index (χ1v) is 8.31. The Balaban J connectivity index is 1.87. The molecule has 1 amide bonds. The number of carbonyl (C=O) groups is 1. The molecule has 0 aliphatic carbocycles. The molecule has 2 nitrogen and oxygen atoms in total. The number of para-hydroxylation sites is 1. The fourth-order valence-corrected chi connectivity index (χ4v) is 3.00. The molecule has 2 aromatic rings. The van der Waals surface area contributed by atoms with Crippen LogP contribution in [0.3, 0.4) is 0 Å². The van der Waals surface area contributed by atoms with Crippen molar-refractivity contribution < 1.29 is 4.79 Å². The predicted molar refractivity (Wildman–Crippen MR) is 91.3 cm³/mol. The number of hydrogen-bond donors (Lipinski definition) is 0. The summed E-state index contributed by atoms with van der Waals surface area (Å²) in [4.78, 5) is 15.3. The quantitative estimate of drug-likeness (QED) is 0.708. The van der Waals surface area contributed by atoms with Gasteiger partial charge in [-0.05, 0) is 43.3 Å². The molecule has 0 heterocycles. The zero-order valence-corrected chi connectivity index (χ0v) is 13.5. The molecule has 4 heteroatoms. The fourth-order valence-electron chi connectivity index (χ4n) is 2.03. The number of benzene rings is 2. The molecule has 0 spiro atoms. The van der Waals surface area contributed by atoms with Crippen LogP contribution in [0.4, 0.5) is 5.69 Å². The molecular weight excluding hydrogens is 302 g/mol. The monoisotopic (exact) mass is 319 g/mol. The van der Waals surface area contributed by atoms with Gasteiger partial charge in [0, 0.05) is 34.3 Å². The van der Waals surface area contributed by atoms with E-state index in [1.54, 1.807) is 11.8 Å². The lowest BCUT2D eigenvalue weighted by Gasteiger charge is -2.20. The highest BCUT2D eigenvalue weighted by atomic mass is 35.5. The van der Waals surface area contributed by atoms with Gasteiger partial charge in [0.25, 0.3) is 0 Å². The Morgan fingerprint density at radius 2 is 1.76 bits per heavy atom. The third-order valence-electron chi connectivity index (χ3n) is 3.08. The maximum absolute atomic E-state index is 12.3. The largest absolute Gasteiger partial charge is 0.313 e. The lowest BCUT2D eigenvalue weighted by atomic mass is 10.2. The Labute approximate surface area is 135 Å². The summed E-state index contributed by atoms with van der Waals surface area (Å²) in [6, 6.07) is 17.5. The van der Waals surface area contributed by atoms with Crippen LogP contribution < -0.4 is 4.90 Å². The van der Waals surface area contributed by atoms with Crippen LogP contribution >= 0.6 is 23.4 Å². The Bertz CT molecular complexity index is 571. The van der Waals surface area contributed by atoms with Gasteiger partial charge in [0.2, 0.25) is 5.91 Å². The number of hydrogen-bond acceptors (Lipinski definition) is 2. The molecule has 0 fully saturated rings. The van der Waals surface area contributed by atoms with Crippen LogP contribution in [0.25, 0.3) is 0 Å². The number of anilines is 1. The first-order chi connectivity index (χ1) is 10.2. The van der Waals surface area contributed by atoms with E-state index in [2.05, 4.69) is 0 Å². The van der Waals surface area contributed by atoms with Gasteiger partial charge in [0.05, 0.1) is 0 Å². The molecule has 0 bridgehead atoms. The summed E-state index contributed by atoms with van der Waals surface area (Å²) < 4.78 is 0. The molecule has 0 aromatic heterocycles. The SMILES string of the molecule is CCN(C(=O)CCSc1ccc(Cl)cc1)c1ccccc1. The second-order valence-electron chi connectivity index (χ2n) is 4.53. The van der Waals surface area contributed by atoms with Crippen molar-refractivity contribution in [2.24, 2.45) is 0 Å². The van der Waals surface area contributed by atoms with Crippen LogP contribution in [0.2, 0.25) is 5.02 Å². The topological polar surface area (TPSA) is 20.3 Å². The predicted octanol–water partition coefficient (Wildman–Crippen LogP) is 4.88. The van der Waals surface area contributed by atoms with E-state index in [4.69, 9.17) is 11.6 Å². The lowest BCUT2D eigenvalue weighted by molar-refractivity contribution is -0.118. The Hall–Kier alpha value is -1.45. The molecule has 2 aromatic carbocycles. The molecule has 0 saturated carbocycles. The number of nitrogens with zero attached hydrogens (tertiary/aromatic N) is 1. The number of halogens is 1. The van der Waals surface area contributed by atoms with Gasteiger partial charge in [-0.3, -0.25) is 4.79 Å². The molecule has 2 rings (SSSR count). The zero-order chi connectivity index (χ0) is 15.1. The van der Waals surface area contributed by atoms with Crippen LogP contribution in [0.1, 0.15) is 13.3 Å². The Kier molecular flexibility index (Phi) is 6.15. The van der Waals surface area contributed by atoms with E-state index in [1.807, 2.05) is 66.4 Å². The minimum absolute atomic E-state index is 0.158. The summed E-state index contributed by atoms with van der Waals surface area (Å²) in [5.74, 6) is 0.925. The first kappa shape index (κ1) is 15.9. The second kappa shape index (κ2) is 8.11. The van der Waals surface area contributed by atoms with Crippen molar-refractivity contribution in [3.05, 3.63) is 59.6 Å². The smallest absolute Gasteiger partial charge is 0.227 e. The average Bonchev–Trinajstić information content (AvgIpc) is 2.51. The van der Waals surface area contributed by atoms with Gasteiger partial charge >= 0.3 is 0 Å². The molecule has 0 N–H and O–H groups in total. The van der Waals surface area contributed by atoms with Gasteiger partial charge in [-0.1, -0.05) is 29.8 Å². The maximum Gasteiger partial charge on any atom is 0.227 e. The average molecular weight is 320 g/mol. The standard InChI is InChI=1S/C17H18ClNOS/c1-2-19(15-6-4-3-5-7-15)17(20)12-13-21-16-10-8-14(18)9-11-16/h3-11H,2,12-13H2,1H3.